The molecular weight excluding hydrogens is 361 g/mol. The highest BCUT2D eigenvalue weighted by Crippen LogP contribution is 2.32. The Morgan fingerprint density at radius 2 is 1.68 bits per heavy atom. The van der Waals surface area contributed by atoms with E-state index in [2.05, 4.69) is 15.9 Å². The topological polar surface area (TPSA) is 20.2 Å². The molecule has 1 nitrogen and oxygen atoms in total. The first-order valence-electron chi connectivity index (χ1n) is 5.17. The zero-order valence-corrected chi connectivity index (χ0v) is 12.4. The SMILES string of the molecule is OC(c1ccc(Cl)c(F)c1)c1cc(Cl)c(Br)cc1F. The number of halogens is 5. The number of benzene rings is 2. The Balaban J connectivity index is 2.46. The lowest BCUT2D eigenvalue weighted by molar-refractivity contribution is 0.214. The Bertz CT molecular complexity index is 634. The van der Waals surface area contributed by atoms with Crippen molar-refractivity contribution in [3.05, 3.63) is 67.6 Å². The molecule has 1 N–H and O–H groups in total. The maximum Gasteiger partial charge on any atom is 0.142 e. The average molecular weight is 368 g/mol. The van der Waals surface area contributed by atoms with Crippen LogP contribution in [0.1, 0.15) is 17.2 Å². The second-order valence-electron chi connectivity index (χ2n) is 3.86. The third-order valence-electron chi connectivity index (χ3n) is 2.59. The van der Waals surface area contributed by atoms with Gasteiger partial charge in [0.1, 0.15) is 17.7 Å². The van der Waals surface area contributed by atoms with E-state index in [1.165, 1.54) is 18.2 Å². The first-order valence-corrected chi connectivity index (χ1v) is 6.72. The van der Waals surface area contributed by atoms with E-state index in [9.17, 15) is 13.9 Å². The van der Waals surface area contributed by atoms with Gasteiger partial charge in [0.15, 0.2) is 0 Å². The standard InChI is InChI=1S/C13H7BrCl2F2O/c14-8-5-11(17)7(4-10(8)16)13(19)6-1-2-9(15)12(18)3-6/h1-5,13,19H. The summed E-state index contributed by atoms with van der Waals surface area (Å²) in [5, 5.41) is 10.3. The van der Waals surface area contributed by atoms with Crippen molar-refractivity contribution in [1.82, 2.24) is 0 Å². The second kappa shape index (κ2) is 5.75. The lowest BCUT2D eigenvalue weighted by Crippen LogP contribution is -2.03. The summed E-state index contributed by atoms with van der Waals surface area (Å²) in [5.41, 5.74) is 0.161. The first kappa shape index (κ1) is 14.7. The van der Waals surface area contributed by atoms with Crippen LogP contribution in [0, 0.1) is 11.6 Å². The molecule has 0 aliphatic heterocycles. The van der Waals surface area contributed by atoms with Crippen LogP contribution in [0.5, 0.6) is 0 Å². The molecule has 0 saturated carbocycles. The predicted octanol–water partition coefficient (Wildman–Crippen LogP) is 5.12. The minimum absolute atomic E-state index is 0.0325. The Kier molecular flexibility index (Phi) is 4.46. The number of aliphatic hydroxyl groups is 1. The van der Waals surface area contributed by atoms with E-state index in [4.69, 9.17) is 23.2 Å². The van der Waals surface area contributed by atoms with Crippen molar-refractivity contribution in [3.8, 4) is 0 Å². The Hall–Kier alpha value is -0.680. The highest BCUT2D eigenvalue weighted by molar-refractivity contribution is 9.10. The molecule has 0 saturated heterocycles. The summed E-state index contributed by atoms with van der Waals surface area (Å²) in [5.74, 6) is -1.32. The average Bonchev–Trinajstić information content (AvgIpc) is 2.36. The molecular formula is C13H7BrCl2F2O. The molecule has 0 spiro atoms. The highest BCUT2D eigenvalue weighted by atomic mass is 79.9. The second-order valence-corrected chi connectivity index (χ2v) is 5.53. The summed E-state index contributed by atoms with van der Waals surface area (Å²) in [6, 6.07) is 6.22. The van der Waals surface area contributed by atoms with Gasteiger partial charge < -0.3 is 5.11 Å². The molecule has 0 aliphatic rings. The molecule has 0 bridgehead atoms. The van der Waals surface area contributed by atoms with Crippen LogP contribution in [0.3, 0.4) is 0 Å². The van der Waals surface area contributed by atoms with Crippen LogP contribution in [-0.2, 0) is 0 Å². The minimum atomic E-state index is -1.32. The zero-order valence-electron chi connectivity index (χ0n) is 9.30. The summed E-state index contributed by atoms with van der Waals surface area (Å²) >= 11 is 14.5. The van der Waals surface area contributed by atoms with Crippen molar-refractivity contribution in [1.29, 1.82) is 0 Å². The monoisotopic (exact) mass is 366 g/mol. The maximum absolute atomic E-state index is 13.8. The summed E-state index contributed by atoms with van der Waals surface area (Å²) in [6.07, 6.45) is -1.32. The molecule has 0 amide bonds. The van der Waals surface area contributed by atoms with Crippen molar-refractivity contribution in [2.75, 3.05) is 0 Å². The Morgan fingerprint density at radius 1 is 1.00 bits per heavy atom. The molecule has 0 aromatic heterocycles. The van der Waals surface area contributed by atoms with Gasteiger partial charge in [-0.05, 0) is 45.8 Å². The van der Waals surface area contributed by atoms with Crippen LogP contribution in [0.25, 0.3) is 0 Å². The number of hydrogen-bond donors (Lipinski definition) is 1. The van der Waals surface area contributed by atoms with Gasteiger partial charge in [-0.25, -0.2) is 8.78 Å². The molecule has 1 unspecified atom stereocenters. The third kappa shape index (κ3) is 3.08. The molecule has 2 rings (SSSR count). The van der Waals surface area contributed by atoms with E-state index in [-0.39, 0.29) is 21.2 Å². The normalized spacial score (nSPS) is 12.5. The van der Waals surface area contributed by atoms with Gasteiger partial charge in [-0.2, -0.15) is 0 Å². The van der Waals surface area contributed by atoms with Crippen LogP contribution < -0.4 is 0 Å². The third-order valence-corrected chi connectivity index (χ3v) is 4.10. The van der Waals surface area contributed by atoms with Gasteiger partial charge in [-0.1, -0.05) is 29.3 Å². The molecule has 1 atom stereocenters. The summed E-state index contributed by atoms with van der Waals surface area (Å²) < 4.78 is 27.5. The molecule has 2 aromatic rings. The van der Waals surface area contributed by atoms with E-state index in [1.807, 2.05) is 0 Å². The lowest BCUT2D eigenvalue weighted by atomic mass is 10.0. The van der Waals surface area contributed by atoms with E-state index < -0.39 is 17.7 Å². The summed E-state index contributed by atoms with van der Waals surface area (Å²) in [6.45, 7) is 0. The fourth-order valence-electron chi connectivity index (χ4n) is 1.61. The van der Waals surface area contributed by atoms with Gasteiger partial charge in [0.25, 0.3) is 0 Å². The molecule has 0 aliphatic carbocycles. The van der Waals surface area contributed by atoms with Crippen molar-refractivity contribution < 1.29 is 13.9 Å². The number of hydrogen-bond acceptors (Lipinski definition) is 1. The van der Waals surface area contributed by atoms with Gasteiger partial charge in [-0.15, -0.1) is 0 Å². The number of aliphatic hydroxyl groups excluding tert-OH is 1. The molecule has 6 heteroatoms. The van der Waals surface area contributed by atoms with E-state index >= 15 is 0 Å². The van der Waals surface area contributed by atoms with Gasteiger partial charge in [0.05, 0.1) is 10.0 Å². The fraction of sp³-hybridized carbons (Fsp3) is 0.0769. The van der Waals surface area contributed by atoms with E-state index in [0.717, 1.165) is 12.1 Å². The van der Waals surface area contributed by atoms with E-state index in [1.54, 1.807) is 0 Å². The van der Waals surface area contributed by atoms with Crippen LogP contribution in [-0.4, -0.2) is 5.11 Å². The fourth-order valence-corrected chi connectivity index (χ4v) is 2.21. The van der Waals surface area contributed by atoms with Gasteiger partial charge >= 0.3 is 0 Å². The molecule has 2 aromatic carbocycles. The van der Waals surface area contributed by atoms with Crippen LogP contribution >= 0.6 is 39.1 Å². The van der Waals surface area contributed by atoms with Gasteiger partial charge in [0.2, 0.25) is 0 Å². The largest absolute Gasteiger partial charge is 0.384 e. The van der Waals surface area contributed by atoms with Crippen LogP contribution in [0.15, 0.2) is 34.8 Å². The van der Waals surface area contributed by atoms with Crippen LogP contribution in [0.2, 0.25) is 10.0 Å². The molecule has 100 valence electrons. The van der Waals surface area contributed by atoms with E-state index in [0.29, 0.717) is 4.47 Å². The first-order chi connectivity index (χ1) is 8.90. The molecule has 0 fully saturated rings. The smallest absolute Gasteiger partial charge is 0.142 e. The predicted molar refractivity (Wildman–Crippen MR) is 74.6 cm³/mol. The minimum Gasteiger partial charge on any atom is -0.384 e. The quantitative estimate of drug-likeness (QED) is 0.730. The van der Waals surface area contributed by atoms with Crippen LogP contribution in [0.4, 0.5) is 8.78 Å². The Morgan fingerprint density at radius 3 is 2.32 bits per heavy atom. The van der Waals surface area contributed by atoms with Crippen molar-refractivity contribution in [2.24, 2.45) is 0 Å². The van der Waals surface area contributed by atoms with Crippen molar-refractivity contribution in [3.63, 3.8) is 0 Å². The van der Waals surface area contributed by atoms with Gasteiger partial charge in [-0.3, -0.25) is 0 Å². The lowest BCUT2D eigenvalue weighted by Gasteiger charge is -2.14. The molecule has 0 heterocycles. The summed E-state index contributed by atoms with van der Waals surface area (Å²) in [4.78, 5) is 0. The number of rotatable bonds is 2. The van der Waals surface area contributed by atoms with Crippen molar-refractivity contribution >= 4 is 39.1 Å². The maximum atomic E-state index is 13.8. The highest BCUT2D eigenvalue weighted by Gasteiger charge is 2.18. The molecule has 0 radical (unpaired) electrons. The van der Waals surface area contributed by atoms with Crippen molar-refractivity contribution in [2.45, 2.75) is 6.10 Å². The zero-order chi connectivity index (χ0) is 14.2. The summed E-state index contributed by atoms with van der Waals surface area (Å²) in [7, 11) is 0. The van der Waals surface area contributed by atoms with Gasteiger partial charge in [0, 0.05) is 10.0 Å². The Labute approximate surface area is 126 Å². The molecule has 19 heavy (non-hydrogen) atoms.